The Hall–Kier alpha value is -2.35. The average Bonchev–Trinajstić information content (AvgIpc) is 3.18. The molecule has 0 saturated carbocycles. The van der Waals surface area contributed by atoms with Gasteiger partial charge in [-0.05, 0) is 29.8 Å². The van der Waals surface area contributed by atoms with Crippen LogP contribution in [0.4, 0.5) is 5.69 Å². The predicted molar refractivity (Wildman–Crippen MR) is 110 cm³/mol. The number of thioether (sulfide) groups is 1. The molecule has 3 aromatic rings. The number of rotatable bonds is 2. The van der Waals surface area contributed by atoms with Crippen molar-refractivity contribution in [2.75, 3.05) is 4.90 Å². The van der Waals surface area contributed by atoms with Crippen LogP contribution in [0.15, 0.2) is 64.4 Å². The molecule has 1 aromatic heterocycles. The fourth-order valence-corrected chi connectivity index (χ4v) is 6.52. The van der Waals surface area contributed by atoms with Crippen molar-refractivity contribution in [3.05, 3.63) is 79.7 Å². The first kappa shape index (κ1) is 17.7. The number of hydrogen-bond donors (Lipinski definition) is 1. The van der Waals surface area contributed by atoms with E-state index in [-0.39, 0.29) is 22.6 Å². The summed E-state index contributed by atoms with van der Waals surface area (Å²) in [6.07, 6.45) is 0. The molecule has 0 radical (unpaired) electrons. The smallest absolute Gasteiger partial charge is 0.305 e. The van der Waals surface area contributed by atoms with Crippen LogP contribution in [0.1, 0.15) is 16.4 Å². The number of hydrogen-bond acceptors (Lipinski definition) is 5. The number of benzene rings is 2. The van der Waals surface area contributed by atoms with Crippen LogP contribution in [0.2, 0.25) is 5.02 Å². The molecule has 2 amide bonds. The Balaban J connectivity index is 1.66. The van der Waals surface area contributed by atoms with E-state index in [0.29, 0.717) is 15.7 Å². The number of amides is 2. The summed E-state index contributed by atoms with van der Waals surface area (Å²) in [5.74, 6) is -1.42. The molecule has 0 spiro atoms. The number of fused-ring (bicyclic) bond motifs is 2. The summed E-state index contributed by atoms with van der Waals surface area (Å²) in [7, 11) is 0. The molecule has 2 aliphatic heterocycles. The van der Waals surface area contributed by atoms with Gasteiger partial charge in [-0.25, -0.2) is 4.90 Å². The summed E-state index contributed by atoms with van der Waals surface area (Å²) in [6, 6.07) is 16.2. The fourth-order valence-electron chi connectivity index (χ4n) is 3.88. The molecule has 2 aliphatic rings. The third-order valence-corrected chi connectivity index (χ3v) is 7.72. The van der Waals surface area contributed by atoms with E-state index in [9.17, 15) is 14.4 Å². The predicted octanol–water partition coefficient (Wildman–Crippen LogP) is 3.89. The monoisotopic (exact) mass is 428 g/mol. The SMILES string of the molecule is O=C1C2Sc3[nH]c(=O)sc3[C@H](c3ccc(Cl)cc3)C2C(=O)N1c1ccccc1. The number of carbonyl (C=O) groups is 2. The first-order chi connectivity index (χ1) is 13.5. The zero-order valence-corrected chi connectivity index (χ0v) is 16.7. The topological polar surface area (TPSA) is 70.2 Å². The minimum atomic E-state index is -0.578. The van der Waals surface area contributed by atoms with Gasteiger partial charge in [-0.3, -0.25) is 14.4 Å². The lowest BCUT2D eigenvalue weighted by atomic mass is 9.83. The van der Waals surface area contributed by atoms with E-state index < -0.39 is 11.2 Å². The number of anilines is 1. The number of para-hydroxylation sites is 1. The second-order valence-corrected chi connectivity index (χ2v) is 9.25. The molecule has 140 valence electrons. The molecule has 0 bridgehead atoms. The molecule has 0 aliphatic carbocycles. The van der Waals surface area contributed by atoms with Crippen LogP contribution >= 0.6 is 34.7 Å². The quantitative estimate of drug-likeness (QED) is 0.629. The minimum absolute atomic E-state index is 0.184. The van der Waals surface area contributed by atoms with Crippen molar-refractivity contribution in [3.63, 3.8) is 0 Å². The number of aromatic nitrogens is 1. The van der Waals surface area contributed by atoms with E-state index in [2.05, 4.69) is 4.98 Å². The van der Waals surface area contributed by atoms with Crippen molar-refractivity contribution in [2.45, 2.75) is 16.2 Å². The van der Waals surface area contributed by atoms with Crippen molar-refractivity contribution in [1.29, 1.82) is 0 Å². The molecule has 2 aromatic carbocycles. The van der Waals surface area contributed by atoms with E-state index in [1.807, 2.05) is 18.2 Å². The van der Waals surface area contributed by atoms with E-state index in [1.165, 1.54) is 16.7 Å². The molecule has 8 heteroatoms. The number of H-pyrrole nitrogens is 1. The van der Waals surface area contributed by atoms with Crippen molar-refractivity contribution in [3.8, 4) is 0 Å². The summed E-state index contributed by atoms with van der Waals surface area (Å²) in [5.41, 5.74) is 1.44. The van der Waals surface area contributed by atoms with Gasteiger partial charge in [-0.1, -0.05) is 65.0 Å². The van der Waals surface area contributed by atoms with Gasteiger partial charge in [0.05, 0.1) is 16.6 Å². The van der Waals surface area contributed by atoms with Crippen LogP contribution in [0.3, 0.4) is 0 Å². The van der Waals surface area contributed by atoms with Gasteiger partial charge in [-0.2, -0.15) is 0 Å². The largest absolute Gasteiger partial charge is 0.307 e. The highest BCUT2D eigenvalue weighted by molar-refractivity contribution is 8.00. The van der Waals surface area contributed by atoms with Gasteiger partial charge in [-0.15, -0.1) is 0 Å². The molecular formula is C20H13ClN2O3S2. The molecule has 3 heterocycles. The second-order valence-electron chi connectivity index (χ2n) is 6.65. The van der Waals surface area contributed by atoms with E-state index in [4.69, 9.17) is 11.6 Å². The van der Waals surface area contributed by atoms with Gasteiger partial charge >= 0.3 is 4.87 Å². The number of thiazole rings is 1. The first-order valence-corrected chi connectivity index (χ1v) is 10.7. The summed E-state index contributed by atoms with van der Waals surface area (Å²) in [6.45, 7) is 0. The lowest BCUT2D eigenvalue weighted by Crippen LogP contribution is -2.32. The Morgan fingerprint density at radius 1 is 0.929 bits per heavy atom. The van der Waals surface area contributed by atoms with Crippen molar-refractivity contribution < 1.29 is 9.59 Å². The Morgan fingerprint density at radius 3 is 2.36 bits per heavy atom. The number of nitrogens with one attached hydrogen (secondary N) is 1. The van der Waals surface area contributed by atoms with E-state index in [0.717, 1.165) is 21.8 Å². The molecule has 28 heavy (non-hydrogen) atoms. The van der Waals surface area contributed by atoms with Crippen LogP contribution in [-0.4, -0.2) is 22.0 Å². The zero-order chi connectivity index (χ0) is 19.4. The number of halogens is 1. The summed E-state index contributed by atoms with van der Waals surface area (Å²) in [4.78, 5) is 43.3. The Labute approximate surface area is 173 Å². The van der Waals surface area contributed by atoms with Gasteiger partial charge in [0.2, 0.25) is 11.8 Å². The van der Waals surface area contributed by atoms with Gasteiger partial charge in [0.25, 0.3) is 0 Å². The van der Waals surface area contributed by atoms with Crippen LogP contribution < -0.4 is 9.77 Å². The molecule has 1 saturated heterocycles. The third kappa shape index (κ3) is 2.65. The van der Waals surface area contributed by atoms with Crippen LogP contribution in [0.25, 0.3) is 0 Å². The van der Waals surface area contributed by atoms with Gasteiger partial charge in [0.1, 0.15) is 5.25 Å². The van der Waals surface area contributed by atoms with Crippen molar-refractivity contribution in [2.24, 2.45) is 5.92 Å². The van der Waals surface area contributed by atoms with Gasteiger partial charge < -0.3 is 4.98 Å². The first-order valence-electron chi connectivity index (χ1n) is 8.62. The zero-order valence-electron chi connectivity index (χ0n) is 14.3. The Kier molecular flexibility index (Phi) is 4.19. The molecule has 2 unspecified atom stereocenters. The maximum absolute atomic E-state index is 13.4. The molecular weight excluding hydrogens is 416 g/mol. The van der Waals surface area contributed by atoms with Crippen LogP contribution in [0.5, 0.6) is 0 Å². The van der Waals surface area contributed by atoms with E-state index in [1.54, 1.807) is 36.4 Å². The molecule has 3 atom stereocenters. The standard InChI is InChI=1S/C20H13ClN2O3S2/c21-11-8-6-10(7-9-11)13-14-16(27-17-15(13)28-20(26)22-17)19(25)23(18(14)24)12-4-2-1-3-5-12/h1-9,13-14,16H,(H,22,26)/t13-,14?,16?/m1/s1. The summed E-state index contributed by atoms with van der Waals surface area (Å²) in [5, 5.41) is 0.686. The highest BCUT2D eigenvalue weighted by Gasteiger charge is 2.56. The average molecular weight is 429 g/mol. The van der Waals surface area contributed by atoms with Gasteiger partial charge in [0.15, 0.2) is 0 Å². The lowest BCUT2D eigenvalue weighted by molar-refractivity contribution is -0.122. The Morgan fingerprint density at radius 2 is 1.64 bits per heavy atom. The molecule has 1 N–H and O–H groups in total. The maximum Gasteiger partial charge on any atom is 0.305 e. The number of nitrogens with zero attached hydrogens (tertiary/aromatic N) is 1. The number of imide groups is 1. The third-order valence-electron chi connectivity index (χ3n) is 5.07. The number of aromatic amines is 1. The lowest BCUT2D eigenvalue weighted by Gasteiger charge is -2.29. The molecule has 5 rings (SSSR count). The van der Waals surface area contributed by atoms with E-state index >= 15 is 0 Å². The number of carbonyl (C=O) groups excluding carboxylic acids is 2. The minimum Gasteiger partial charge on any atom is -0.307 e. The fraction of sp³-hybridized carbons (Fsp3) is 0.150. The van der Waals surface area contributed by atoms with Crippen LogP contribution in [-0.2, 0) is 9.59 Å². The molecule has 5 nitrogen and oxygen atoms in total. The van der Waals surface area contributed by atoms with Gasteiger partial charge in [0, 0.05) is 15.8 Å². The maximum atomic E-state index is 13.4. The summed E-state index contributed by atoms with van der Waals surface area (Å²) < 4.78 is 0. The van der Waals surface area contributed by atoms with Crippen LogP contribution in [0, 0.1) is 5.92 Å². The highest BCUT2D eigenvalue weighted by atomic mass is 35.5. The highest BCUT2D eigenvalue weighted by Crippen LogP contribution is 2.53. The second kappa shape index (κ2) is 6.62. The summed E-state index contributed by atoms with van der Waals surface area (Å²) >= 11 is 8.41. The Bertz CT molecular complexity index is 1140. The van der Waals surface area contributed by atoms with Crippen molar-refractivity contribution >= 4 is 52.2 Å². The normalized spacial score (nSPS) is 23.6. The molecule has 1 fully saturated rings. The van der Waals surface area contributed by atoms with Crippen molar-refractivity contribution in [1.82, 2.24) is 4.98 Å².